The molecule has 0 amide bonds. The molecule has 2 unspecified atom stereocenters. The Morgan fingerprint density at radius 3 is 2.67 bits per heavy atom. The van der Waals surface area contributed by atoms with Gasteiger partial charge in [0.15, 0.2) is 5.78 Å². The summed E-state index contributed by atoms with van der Waals surface area (Å²) >= 11 is 2.35. The molecule has 2 aliphatic rings. The third-order valence-electron chi connectivity index (χ3n) is 4.83. The average molecular weight is 438 g/mol. The lowest BCUT2D eigenvalue weighted by molar-refractivity contribution is -0.122. The molecule has 0 saturated carbocycles. The van der Waals surface area contributed by atoms with Gasteiger partial charge in [-0.2, -0.15) is 5.26 Å². The van der Waals surface area contributed by atoms with Crippen molar-refractivity contribution in [3.8, 4) is 6.07 Å². The van der Waals surface area contributed by atoms with Crippen molar-refractivity contribution in [3.63, 3.8) is 0 Å². The zero-order valence-corrected chi connectivity index (χ0v) is 15.9. The molecule has 0 aromatic heterocycles. The number of carbonyl (C=O) groups excluding carboxylic acids is 1. The highest BCUT2D eigenvalue weighted by Crippen LogP contribution is 2.15. The standard InChI is InChI=1S/C18H23IN4O/c19-15-3-1-2-14(10-15)12-22-6-8-23(9-7-22)13-18(24)17-5-4-16(11-20)21-17/h1-3,10,16-17,21H,4-9,12-13H2. The zero-order valence-electron chi connectivity index (χ0n) is 13.7. The van der Waals surface area contributed by atoms with Crippen LogP contribution in [0.2, 0.25) is 0 Å². The minimum atomic E-state index is -0.149. The number of carbonyl (C=O) groups is 1. The Kier molecular flexibility index (Phi) is 6.22. The van der Waals surface area contributed by atoms with E-state index >= 15 is 0 Å². The molecule has 128 valence electrons. The first-order valence-electron chi connectivity index (χ1n) is 8.51. The number of hydrogen-bond donors (Lipinski definition) is 1. The summed E-state index contributed by atoms with van der Waals surface area (Å²) in [7, 11) is 0. The van der Waals surface area contributed by atoms with Gasteiger partial charge in [0.1, 0.15) is 0 Å². The van der Waals surface area contributed by atoms with Crippen molar-refractivity contribution in [1.82, 2.24) is 15.1 Å². The quantitative estimate of drug-likeness (QED) is 0.709. The van der Waals surface area contributed by atoms with E-state index in [1.165, 1.54) is 9.13 Å². The Hall–Kier alpha value is -1.01. The van der Waals surface area contributed by atoms with Crippen molar-refractivity contribution < 1.29 is 4.79 Å². The van der Waals surface area contributed by atoms with Crippen LogP contribution in [0.5, 0.6) is 0 Å². The molecule has 1 aromatic rings. The maximum absolute atomic E-state index is 12.4. The molecule has 1 aromatic carbocycles. The highest BCUT2D eigenvalue weighted by atomic mass is 127. The molecule has 1 N–H and O–H groups in total. The van der Waals surface area contributed by atoms with E-state index < -0.39 is 0 Å². The van der Waals surface area contributed by atoms with Gasteiger partial charge >= 0.3 is 0 Å². The second-order valence-electron chi connectivity index (χ2n) is 6.63. The number of ketones is 1. The van der Waals surface area contributed by atoms with E-state index in [9.17, 15) is 4.79 Å². The van der Waals surface area contributed by atoms with Crippen LogP contribution in [0, 0.1) is 14.9 Å². The average Bonchev–Trinajstić information content (AvgIpc) is 3.06. The van der Waals surface area contributed by atoms with Crippen LogP contribution in [0.1, 0.15) is 18.4 Å². The highest BCUT2D eigenvalue weighted by Gasteiger charge is 2.30. The number of benzene rings is 1. The summed E-state index contributed by atoms with van der Waals surface area (Å²) in [5, 5.41) is 12.0. The van der Waals surface area contributed by atoms with Crippen LogP contribution in [0.3, 0.4) is 0 Å². The molecule has 2 aliphatic heterocycles. The molecule has 6 heteroatoms. The molecular weight excluding hydrogens is 415 g/mol. The Balaban J connectivity index is 1.42. The first-order valence-corrected chi connectivity index (χ1v) is 9.59. The molecule has 0 radical (unpaired) electrons. The first-order chi connectivity index (χ1) is 11.6. The Bertz CT molecular complexity index is 622. The van der Waals surface area contributed by atoms with Crippen molar-refractivity contribution >= 4 is 28.4 Å². The molecule has 0 aliphatic carbocycles. The normalized spacial score (nSPS) is 25.5. The fraction of sp³-hybridized carbons (Fsp3) is 0.556. The largest absolute Gasteiger partial charge is 0.297 e. The van der Waals surface area contributed by atoms with Gasteiger partial charge in [-0.25, -0.2) is 0 Å². The van der Waals surface area contributed by atoms with Gasteiger partial charge in [-0.1, -0.05) is 12.1 Å². The summed E-state index contributed by atoms with van der Waals surface area (Å²) in [4.78, 5) is 17.1. The number of rotatable bonds is 5. The number of halogens is 1. The van der Waals surface area contributed by atoms with Gasteiger partial charge in [0, 0.05) is 36.3 Å². The lowest BCUT2D eigenvalue weighted by atomic mass is 10.1. The molecule has 0 spiro atoms. The lowest BCUT2D eigenvalue weighted by Crippen LogP contribution is -2.49. The van der Waals surface area contributed by atoms with Gasteiger partial charge in [0.05, 0.1) is 24.7 Å². The van der Waals surface area contributed by atoms with Crippen molar-refractivity contribution in [1.29, 1.82) is 5.26 Å². The Labute approximate surface area is 157 Å². The maximum atomic E-state index is 12.4. The van der Waals surface area contributed by atoms with Crippen molar-refractivity contribution in [2.24, 2.45) is 0 Å². The lowest BCUT2D eigenvalue weighted by Gasteiger charge is -2.34. The topological polar surface area (TPSA) is 59.4 Å². The van der Waals surface area contributed by atoms with Gasteiger partial charge in [0.25, 0.3) is 0 Å². The van der Waals surface area contributed by atoms with E-state index in [0.29, 0.717) is 6.54 Å². The zero-order chi connectivity index (χ0) is 16.9. The van der Waals surface area contributed by atoms with Crippen molar-refractivity contribution in [2.75, 3.05) is 32.7 Å². The van der Waals surface area contributed by atoms with Crippen LogP contribution in [0.25, 0.3) is 0 Å². The van der Waals surface area contributed by atoms with Crippen molar-refractivity contribution in [2.45, 2.75) is 31.5 Å². The predicted octanol–water partition coefficient (Wildman–Crippen LogP) is 1.62. The van der Waals surface area contributed by atoms with Crippen LogP contribution in [0.15, 0.2) is 24.3 Å². The van der Waals surface area contributed by atoms with Gasteiger partial charge in [0.2, 0.25) is 0 Å². The maximum Gasteiger partial charge on any atom is 0.163 e. The number of nitrogens with zero attached hydrogens (tertiary/aromatic N) is 3. The summed E-state index contributed by atoms with van der Waals surface area (Å²) in [6.45, 7) is 5.35. The summed E-state index contributed by atoms with van der Waals surface area (Å²) in [5.41, 5.74) is 1.35. The number of piperazine rings is 1. The van der Waals surface area contributed by atoms with Crippen molar-refractivity contribution in [3.05, 3.63) is 33.4 Å². The third kappa shape index (κ3) is 4.76. The van der Waals surface area contributed by atoms with Gasteiger partial charge < -0.3 is 0 Å². The van der Waals surface area contributed by atoms with Gasteiger partial charge in [-0.15, -0.1) is 0 Å². The molecule has 0 bridgehead atoms. The van der Waals surface area contributed by atoms with Gasteiger partial charge in [-0.05, 0) is 53.1 Å². The van der Waals surface area contributed by atoms with E-state index in [0.717, 1.165) is 45.6 Å². The molecule has 24 heavy (non-hydrogen) atoms. The van der Waals surface area contributed by atoms with E-state index in [1.54, 1.807) is 0 Å². The SMILES string of the molecule is N#CC1CCC(C(=O)CN2CCN(Cc3cccc(I)c3)CC2)N1. The number of Topliss-reactive ketones (excluding diaryl/α,β-unsaturated/α-hetero) is 1. The molecule has 2 atom stereocenters. The summed E-state index contributed by atoms with van der Waals surface area (Å²) < 4.78 is 1.27. The van der Waals surface area contributed by atoms with E-state index in [2.05, 4.69) is 68.0 Å². The van der Waals surface area contributed by atoms with Crippen LogP contribution < -0.4 is 5.32 Å². The molecular formula is C18H23IN4O. The smallest absolute Gasteiger partial charge is 0.163 e. The first kappa shape index (κ1) is 17.8. The summed E-state index contributed by atoms with van der Waals surface area (Å²) in [6.07, 6.45) is 1.58. The summed E-state index contributed by atoms with van der Waals surface area (Å²) in [5.74, 6) is 0.235. The third-order valence-corrected chi connectivity index (χ3v) is 5.50. The minimum Gasteiger partial charge on any atom is -0.297 e. The number of nitriles is 1. The van der Waals surface area contributed by atoms with Gasteiger partial charge in [-0.3, -0.25) is 19.9 Å². The van der Waals surface area contributed by atoms with Crippen LogP contribution >= 0.6 is 22.6 Å². The fourth-order valence-electron chi connectivity index (χ4n) is 3.43. The highest BCUT2D eigenvalue weighted by molar-refractivity contribution is 14.1. The van der Waals surface area contributed by atoms with E-state index in [-0.39, 0.29) is 17.9 Å². The fourth-order valence-corrected chi connectivity index (χ4v) is 4.04. The molecule has 2 fully saturated rings. The monoisotopic (exact) mass is 438 g/mol. The van der Waals surface area contributed by atoms with Crippen LogP contribution in [-0.2, 0) is 11.3 Å². The van der Waals surface area contributed by atoms with Crippen LogP contribution in [0.4, 0.5) is 0 Å². The molecule has 5 nitrogen and oxygen atoms in total. The second kappa shape index (κ2) is 8.39. The summed E-state index contributed by atoms with van der Waals surface area (Å²) in [6, 6.07) is 10.6. The predicted molar refractivity (Wildman–Crippen MR) is 101 cm³/mol. The molecule has 2 saturated heterocycles. The number of hydrogen-bond acceptors (Lipinski definition) is 5. The minimum absolute atomic E-state index is 0.126. The van der Waals surface area contributed by atoms with E-state index in [4.69, 9.17) is 5.26 Å². The second-order valence-corrected chi connectivity index (χ2v) is 7.87. The molecule has 3 rings (SSSR count). The van der Waals surface area contributed by atoms with Crippen LogP contribution in [-0.4, -0.2) is 60.4 Å². The Morgan fingerprint density at radius 1 is 1.25 bits per heavy atom. The number of nitrogens with one attached hydrogen (secondary N) is 1. The molecule has 2 heterocycles. The Morgan fingerprint density at radius 2 is 2.00 bits per heavy atom. The van der Waals surface area contributed by atoms with E-state index in [1.807, 2.05) is 0 Å².